The number of benzene rings is 2. The number of carbonyl (C=O) groups is 1. The smallest absolute Gasteiger partial charge is 0.264 e. The van der Waals surface area contributed by atoms with Crippen LogP contribution in [0.1, 0.15) is 12.5 Å². The maximum Gasteiger partial charge on any atom is 0.264 e. The highest BCUT2D eigenvalue weighted by molar-refractivity contribution is 7.99. The third-order valence-corrected chi connectivity index (χ3v) is 5.74. The highest BCUT2D eigenvalue weighted by atomic mass is 35.5. The Morgan fingerprint density at radius 1 is 1.09 bits per heavy atom. The first-order valence-corrected chi connectivity index (χ1v) is 11.2. The predicted molar refractivity (Wildman–Crippen MR) is 133 cm³/mol. The van der Waals surface area contributed by atoms with Gasteiger partial charge >= 0.3 is 0 Å². The number of anilines is 2. The second-order valence-corrected chi connectivity index (χ2v) is 8.12. The summed E-state index contributed by atoms with van der Waals surface area (Å²) in [5, 5.41) is 15.8. The third kappa shape index (κ3) is 6.02. The van der Waals surface area contributed by atoms with Gasteiger partial charge in [0.05, 0.1) is 38.5 Å². The topological polar surface area (TPSA) is 138 Å². The maximum absolute atomic E-state index is 12.4. The van der Waals surface area contributed by atoms with Crippen LogP contribution in [-0.2, 0) is 4.79 Å². The van der Waals surface area contributed by atoms with Gasteiger partial charge in [0.25, 0.3) is 5.95 Å². The molecule has 2 aromatic carbocycles. The lowest BCUT2D eigenvalue weighted by Crippen LogP contribution is -2.17. The lowest BCUT2D eigenvalue weighted by molar-refractivity contribution is -0.113. The van der Waals surface area contributed by atoms with Crippen LogP contribution in [0.5, 0.6) is 17.2 Å². The molecule has 0 saturated carbocycles. The number of amides is 1. The number of rotatable bonds is 10. The molecule has 0 saturated heterocycles. The molecule has 0 aliphatic heterocycles. The first-order chi connectivity index (χ1) is 16.4. The second kappa shape index (κ2) is 11.5. The number of thioether (sulfide) groups is 1. The van der Waals surface area contributed by atoms with Crippen molar-refractivity contribution in [3.63, 3.8) is 0 Å². The molecule has 180 valence electrons. The van der Waals surface area contributed by atoms with E-state index in [0.717, 1.165) is 17.3 Å². The fraction of sp³-hybridized carbons (Fsp3) is 0.238. The van der Waals surface area contributed by atoms with Crippen LogP contribution in [0.15, 0.2) is 46.7 Å². The van der Waals surface area contributed by atoms with Gasteiger partial charge in [0.15, 0.2) is 11.5 Å². The molecule has 3 rings (SSSR count). The van der Waals surface area contributed by atoms with E-state index < -0.39 is 0 Å². The highest BCUT2D eigenvalue weighted by Crippen LogP contribution is 2.29. The molecule has 0 fully saturated rings. The molecule has 3 aromatic rings. The van der Waals surface area contributed by atoms with Crippen molar-refractivity contribution < 1.29 is 19.0 Å². The summed E-state index contributed by atoms with van der Waals surface area (Å²) in [7, 11) is 4.64. The van der Waals surface area contributed by atoms with Crippen LogP contribution in [0.3, 0.4) is 0 Å². The van der Waals surface area contributed by atoms with Crippen LogP contribution in [0.25, 0.3) is 0 Å². The van der Waals surface area contributed by atoms with E-state index in [1.165, 1.54) is 11.8 Å². The lowest BCUT2D eigenvalue weighted by atomic mass is 10.1. The SMILES string of the molecule is COc1ccc(Cl)cc1NC(=O)CSc1nnc(N/N=C(\C)c2ccc(OC)c(OC)c2)n1N. The van der Waals surface area contributed by atoms with Crippen LogP contribution in [0.2, 0.25) is 5.02 Å². The summed E-state index contributed by atoms with van der Waals surface area (Å²) >= 11 is 7.11. The van der Waals surface area contributed by atoms with Gasteiger partial charge in [0, 0.05) is 10.6 Å². The normalized spacial score (nSPS) is 11.1. The monoisotopic (exact) mass is 505 g/mol. The van der Waals surface area contributed by atoms with E-state index in [-0.39, 0.29) is 17.6 Å². The number of halogens is 1. The lowest BCUT2D eigenvalue weighted by Gasteiger charge is -2.10. The summed E-state index contributed by atoms with van der Waals surface area (Å²) in [4.78, 5) is 12.4. The molecule has 4 N–H and O–H groups in total. The van der Waals surface area contributed by atoms with Crippen LogP contribution >= 0.6 is 23.4 Å². The van der Waals surface area contributed by atoms with Crippen molar-refractivity contribution in [2.24, 2.45) is 5.10 Å². The number of hydrazone groups is 1. The Hall–Kier alpha value is -3.64. The standard InChI is InChI=1S/C21H24ClN7O4S/c1-12(13-5-7-17(32-3)18(9-13)33-4)25-26-20-27-28-21(29(20)23)34-11-19(30)24-15-10-14(22)6-8-16(15)31-2/h5-10H,11,23H2,1-4H3,(H,24,30)(H,26,27)/b25-12+. The van der Waals surface area contributed by atoms with E-state index in [4.69, 9.17) is 31.7 Å². The second-order valence-electron chi connectivity index (χ2n) is 6.74. The predicted octanol–water partition coefficient (Wildman–Crippen LogP) is 3.24. The van der Waals surface area contributed by atoms with Crippen LogP contribution in [0.4, 0.5) is 11.6 Å². The average molecular weight is 506 g/mol. The van der Waals surface area contributed by atoms with Gasteiger partial charge in [-0.15, -0.1) is 10.2 Å². The first kappa shape index (κ1) is 25.0. The number of aromatic nitrogens is 3. The third-order valence-electron chi connectivity index (χ3n) is 4.56. The molecule has 0 aliphatic rings. The molecule has 34 heavy (non-hydrogen) atoms. The first-order valence-electron chi connectivity index (χ1n) is 9.85. The van der Waals surface area contributed by atoms with Crippen LogP contribution in [-0.4, -0.2) is 53.6 Å². The largest absolute Gasteiger partial charge is 0.495 e. The zero-order chi connectivity index (χ0) is 24.7. The van der Waals surface area contributed by atoms with Gasteiger partial charge in [0.2, 0.25) is 11.1 Å². The van der Waals surface area contributed by atoms with Crippen molar-refractivity contribution in [1.29, 1.82) is 0 Å². The summed E-state index contributed by atoms with van der Waals surface area (Å²) in [5.41, 5.74) is 4.73. The molecule has 0 radical (unpaired) electrons. The molecule has 0 unspecified atom stereocenters. The fourth-order valence-corrected chi connectivity index (χ4v) is 3.63. The molecular formula is C21H24ClN7O4S. The van der Waals surface area contributed by atoms with Crippen LogP contribution < -0.4 is 30.8 Å². The van der Waals surface area contributed by atoms with Gasteiger partial charge in [0.1, 0.15) is 5.75 Å². The number of hydrogen-bond donors (Lipinski definition) is 3. The van der Waals surface area contributed by atoms with E-state index >= 15 is 0 Å². The van der Waals surface area contributed by atoms with Gasteiger partial charge in [-0.1, -0.05) is 23.4 Å². The number of methoxy groups -OCH3 is 3. The Morgan fingerprint density at radius 3 is 2.50 bits per heavy atom. The number of nitrogens with zero attached hydrogens (tertiary/aromatic N) is 4. The number of hydrogen-bond acceptors (Lipinski definition) is 10. The molecule has 1 amide bonds. The van der Waals surface area contributed by atoms with Crippen molar-refractivity contribution in [3.8, 4) is 17.2 Å². The molecule has 0 spiro atoms. The zero-order valence-corrected chi connectivity index (χ0v) is 20.5. The van der Waals surface area contributed by atoms with Gasteiger partial charge in [-0.3, -0.25) is 4.79 Å². The Kier molecular flexibility index (Phi) is 8.44. The molecule has 11 nitrogen and oxygen atoms in total. The van der Waals surface area contributed by atoms with E-state index in [9.17, 15) is 4.79 Å². The van der Waals surface area contributed by atoms with E-state index in [1.54, 1.807) is 44.6 Å². The van der Waals surface area contributed by atoms with Gasteiger partial charge in [-0.2, -0.15) is 5.10 Å². The fourth-order valence-electron chi connectivity index (χ4n) is 2.81. The average Bonchev–Trinajstić information content (AvgIpc) is 3.19. The van der Waals surface area contributed by atoms with Crippen molar-refractivity contribution in [2.45, 2.75) is 12.1 Å². The number of nitrogens with one attached hydrogen (secondary N) is 2. The van der Waals surface area contributed by atoms with Crippen molar-refractivity contribution in [1.82, 2.24) is 14.9 Å². The molecule has 1 heterocycles. The zero-order valence-electron chi connectivity index (χ0n) is 19.0. The van der Waals surface area contributed by atoms with Crippen molar-refractivity contribution >= 4 is 46.6 Å². The van der Waals surface area contributed by atoms with E-state index in [0.29, 0.717) is 38.8 Å². The minimum Gasteiger partial charge on any atom is -0.495 e. The number of nitrogen functional groups attached to an aromatic ring is 1. The summed E-state index contributed by atoms with van der Waals surface area (Å²) < 4.78 is 17.0. The summed E-state index contributed by atoms with van der Waals surface area (Å²) in [5.74, 6) is 7.72. The summed E-state index contributed by atoms with van der Waals surface area (Å²) in [6.07, 6.45) is 0. The van der Waals surface area contributed by atoms with Gasteiger partial charge in [-0.05, 0) is 43.3 Å². The Morgan fingerprint density at radius 2 is 1.79 bits per heavy atom. The Labute approximate surface area is 205 Å². The molecule has 0 bridgehead atoms. The minimum absolute atomic E-state index is 0.0406. The van der Waals surface area contributed by atoms with Crippen LogP contribution in [0, 0.1) is 0 Å². The quantitative estimate of drug-likeness (QED) is 0.164. The number of carbonyl (C=O) groups excluding carboxylic acids is 1. The van der Waals surface area contributed by atoms with E-state index in [1.807, 2.05) is 13.0 Å². The molecular weight excluding hydrogens is 482 g/mol. The van der Waals surface area contributed by atoms with E-state index in [2.05, 4.69) is 26.0 Å². The highest BCUT2D eigenvalue weighted by Gasteiger charge is 2.14. The number of ether oxygens (including phenoxy) is 3. The molecule has 1 aromatic heterocycles. The summed E-state index contributed by atoms with van der Waals surface area (Å²) in [6, 6.07) is 10.4. The van der Waals surface area contributed by atoms with Crippen molar-refractivity contribution in [2.75, 3.05) is 43.7 Å². The molecule has 0 atom stereocenters. The van der Waals surface area contributed by atoms with Gasteiger partial charge in [-0.25, -0.2) is 10.1 Å². The Bertz CT molecular complexity index is 1200. The summed E-state index contributed by atoms with van der Waals surface area (Å²) in [6.45, 7) is 1.82. The maximum atomic E-state index is 12.4. The van der Waals surface area contributed by atoms with Crippen molar-refractivity contribution in [3.05, 3.63) is 47.0 Å². The van der Waals surface area contributed by atoms with Gasteiger partial charge < -0.3 is 25.4 Å². The molecule has 13 heteroatoms. The number of nitrogens with two attached hydrogens (primary N) is 1. The minimum atomic E-state index is -0.287. The molecule has 0 aliphatic carbocycles. The Balaban J connectivity index is 1.61.